The highest BCUT2D eigenvalue weighted by Crippen LogP contribution is 2.15. The van der Waals surface area contributed by atoms with E-state index < -0.39 is 6.10 Å². The van der Waals surface area contributed by atoms with Gasteiger partial charge in [-0.1, -0.05) is 223 Å². The average molecular weight is 924 g/mol. The third-order valence-electron chi connectivity index (χ3n) is 12.2. The highest BCUT2D eigenvalue weighted by atomic mass is 16.6. The van der Waals surface area contributed by atoms with E-state index in [1.54, 1.807) is 0 Å². The van der Waals surface area contributed by atoms with Crippen LogP contribution in [-0.4, -0.2) is 37.2 Å². The molecule has 0 saturated carbocycles. The molecule has 0 aliphatic carbocycles. The fourth-order valence-corrected chi connectivity index (χ4v) is 7.92. The van der Waals surface area contributed by atoms with Crippen LogP contribution in [0.15, 0.2) is 60.8 Å². The summed E-state index contributed by atoms with van der Waals surface area (Å²) in [5, 5.41) is 0. The van der Waals surface area contributed by atoms with Crippen molar-refractivity contribution >= 4 is 17.9 Å². The van der Waals surface area contributed by atoms with E-state index in [2.05, 4.69) is 81.5 Å². The van der Waals surface area contributed by atoms with Crippen molar-refractivity contribution in [1.82, 2.24) is 0 Å². The lowest BCUT2D eigenvalue weighted by atomic mass is 10.1. The van der Waals surface area contributed by atoms with E-state index in [1.165, 1.54) is 135 Å². The molecule has 0 amide bonds. The smallest absolute Gasteiger partial charge is 0.306 e. The summed E-state index contributed by atoms with van der Waals surface area (Å²) in [7, 11) is 0. The van der Waals surface area contributed by atoms with Crippen LogP contribution in [0.3, 0.4) is 0 Å². The van der Waals surface area contributed by atoms with Crippen LogP contribution < -0.4 is 0 Å². The number of hydrogen-bond acceptors (Lipinski definition) is 6. The summed E-state index contributed by atoms with van der Waals surface area (Å²) in [4.78, 5) is 38.1. The summed E-state index contributed by atoms with van der Waals surface area (Å²) >= 11 is 0. The molecule has 0 radical (unpaired) electrons. The monoisotopic (exact) mass is 923 g/mol. The Labute approximate surface area is 409 Å². The highest BCUT2D eigenvalue weighted by Gasteiger charge is 2.19. The van der Waals surface area contributed by atoms with Crippen molar-refractivity contribution in [3.63, 3.8) is 0 Å². The lowest BCUT2D eigenvalue weighted by molar-refractivity contribution is -0.167. The maximum Gasteiger partial charge on any atom is 0.306 e. The van der Waals surface area contributed by atoms with E-state index in [0.29, 0.717) is 19.3 Å². The van der Waals surface area contributed by atoms with Gasteiger partial charge >= 0.3 is 17.9 Å². The van der Waals surface area contributed by atoms with Crippen molar-refractivity contribution in [2.24, 2.45) is 0 Å². The molecule has 0 spiro atoms. The Bertz CT molecular complexity index is 1200. The Hall–Kier alpha value is -2.89. The number of unbranched alkanes of at least 4 members (excludes halogenated alkanes) is 30. The Kier molecular flexibility index (Phi) is 52.3. The largest absolute Gasteiger partial charge is 0.462 e. The van der Waals surface area contributed by atoms with Gasteiger partial charge in [-0.3, -0.25) is 14.4 Å². The highest BCUT2D eigenvalue weighted by molar-refractivity contribution is 5.71. The zero-order chi connectivity index (χ0) is 47.9. The van der Waals surface area contributed by atoms with Gasteiger partial charge in [-0.2, -0.15) is 0 Å². The standard InChI is InChI=1S/C60H106O6/c1-4-7-10-13-16-19-22-25-27-29-30-31-33-35-38-41-44-47-50-53-59(62)65-56-57(55-64-58(61)52-49-46-43-40-37-34-24-21-18-15-12-9-6-3)66-60(63)54-51-48-45-42-39-36-32-28-26-23-20-17-14-11-8-5-2/h12,15,20-21,23-25,27-28,32,57H,4-11,13-14,16-19,22,26,29-31,33-56H2,1-3H3/b15-12-,23-20-,24-21-,27-25-,32-28-. The predicted molar refractivity (Wildman–Crippen MR) is 284 cm³/mol. The lowest BCUT2D eigenvalue weighted by Crippen LogP contribution is -2.30. The maximum atomic E-state index is 12.8. The molecule has 0 aromatic rings. The molecule has 1 atom stereocenters. The molecule has 0 aliphatic heterocycles. The SMILES string of the molecule is CCC/C=C\C/C=C\CCCCCCCC(=O)OCC(COC(=O)CCCCCCCCCCC/C=C\CCCCCCCC)OC(=O)CCCCCCC/C=C\C/C=C\CCCCCC. The topological polar surface area (TPSA) is 78.9 Å². The van der Waals surface area contributed by atoms with Crippen LogP contribution in [-0.2, 0) is 28.6 Å². The average Bonchev–Trinajstić information content (AvgIpc) is 3.31. The third-order valence-corrected chi connectivity index (χ3v) is 12.2. The fraction of sp³-hybridized carbons (Fsp3) is 0.783. The number of rotatable bonds is 51. The van der Waals surface area contributed by atoms with Crippen LogP contribution >= 0.6 is 0 Å². The zero-order valence-corrected chi connectivity index (χ0v) is 43.7. The molecule has 1 unspecified atom stereocenters. The van der Waals surface area contributed by atoms with Crippen LogP contribution in [0, 0.1) is 0 Å². The van der Waals surface area contributed by atoms with Gasteiger partial charge in [0.15, 0.2) is 6.10 Å². The van der Waals surface area contributed by atoms with E-state index in [9.17, 15) is 14.4 Å². The van der Waals surface area contributed by atoms with Crippen molar-refractivity contribution in [2.45, 2.75) is 290 Å². The normalized spacial score (nSPS) is 12.5. The van der Waals surface area contributed by atoms with Crippen LogP contribution in [0.5, 0.6) is 0 Å². The molecule has 382 valence electrons. The van der Waals surface area contributed by atoms with Gasteiger partial charge in [0, 0.05) is 19.3 Å². The van der Waals surface area contributed by atoms with Gasteiger partial charge < -0.3 is 14.2 Å². The van der Waals surface area contributed by atoms with Gasteiger partial charge in [0.1, 0.15) is 13.2 Å². The van der Waals surface area contributed by atoms with E-state index in [0.717, 1.165) is 109 Å². The van der Waals surface area contributed by atoms with Crippen molar-refractivity contribution in [3.05, 3.63) is 60.8 Å². The van der Waals surface area contributed by atoms with Gasteiger partial charge in [0.05, 0.1) is 0 Å². The maximum absolute atomic E-state index is 12.8. The summed E-state index contributed by atoms with van der Waals surface area (Å²) in [5.74, 6) is -0.907. The molecule has 0 heterocycles. The number of hydrogen-bond donors (Lipinski definition) is 0. The van der Waals surface area contributed by atoms with Gasteiger partial charge in [0.2, 0.25) is 0 Å². The Morgan fingerprint density at radius 2 is 0.576 bits per heavy atom. The molecule has 0 rings (SSSR count). The first-order valence-electron chi connectivity index (χ1n) is 28.3. The van der Waals surface area contributed by atoms with Crippen LogP contribution in [0.2, 0.25) is 0 Å². The van der Waals surface area contributed by atoms with Gasteiger partial charge in [0.25, 0.3) is 0 Å². The number of carbonyl (C=O) groups is 3. The molecule has 0 aliphatic rings. The van der Waals surface area contributed by atoms with E-state index in [-0.39, 0.29) is 31.1 Å². The molecular formula is C60H106O6. The first-order valence-corrected chi connectivity index (χ1v) is 28.3. The first-order chi connectivity index (χ1) is 32.5. The van der Waals surface area contributed by atoms with Gasteiger partial charge in [-0.25, -0.2) is 0 Å². The fourth-order valence-electron chi connectivity index (χ4n) is 7.92. The summed E-state index contributed by atoms with van der Waals surface area (Å²) in [6, 6.07) is 0. The summed E-state index contributed by atoms with van der Waals surface area (Å²) in [5.41, 5.74) is 0. The third kappa shape index (κ3) is 52.1. The second-order valence-corrected chi connectivity index (χ2v) is 18.8. The number of carbonyl (C=O) groups excluding carboxylic acids is 3. The molecule has 66 heavy (non-hydrogen) atoms. The van der Waals surface area contributed by atoms with E-state index in [4.69, 9.17) is 14.2 Å². The molecule has 0 aromatic heterocycles. The molecule has 6 heteroatoms. The molecule has 0 saturated heterocycles. The molecule has 0 N–H and O–H groups in total. The predicted octanol–water partition coefficient (Wildman–Crippen LogP) is 18.8. The Balaban J connectivity index is 4.38. The molecule has 0 aromatic carbocycles. The number of allylic oxidation sites excluding steroid dienone is 10. The quantitative estimate of drug-likeness (QED) is 0.0262. The molecule has 0 bridgehead atoms. The lowest BCUT2D eigenvalue weighted by Gasteiger charge is -2.18. The first kappa shape index (κ1) is 63.1. The van der Waals surface area contributed by atoms with Gasteiger partial charge in [-0.05, 0) is 103 Å². The van der Waals surface area contributed by atoms with Crippen molar-refractivity contribution < 1.29 is 28.6 Å². The van der Waals surface area contributed by atoms with Crippen LogP contribution in [0.1, 0.15) is 284 Å². The molecular weight excluding hydrogens is 817 g/mol. The van der Waals surface area contributed by atoms with E-state index in [1.807, 2.05) is 0 Å². The number of esters is 3. The van der Waals surface area contributed by atoms with Gasteiger partial charge in [-0.15, -0.1) is 0 Å². The minimum absolute atomic E-state index is 0.0848. The Morgan fingerprint density at radius 3 is 0.924 bits per heavy atom. The van der Waals surface area contributed by atoms with Crippen molar-refractivity contribution in [2.75, 3.05) is 13.2 Å². The minimum atomic E-state index is -0.788. The zero-order valence-electron chi connectivity index (χ0n) is 43.7. The summed E-state index contributed by atoms with van der Waals surface area (Å²) < 4.78 is 16.8. The Morgan fingerprint density at radius 1 is 0.303 bits per heavy atom. The molecule has 0 fully saturated rings. The number of ether oxygens (including phenoxy) is 3. The van der Waals surface area contributed by atoms with Crippen LogP contribution in [0.25, 0.3) is 0 Å². The van der Waals surface area contributed by atoms with Crippen molar-refractivity contribution in [3.8, 4) is 0 Å². The molecule has 6 nitrogen and oxygen atoms in total. The second-order valence-electron chi connectivity index (χ2n) is 18.8. The second kappa shape index (κ2) is 54.7. The minimum Gasteiger partial charge on any atom is -0.462 e. The van der Waals surface area contributed by atoms with Crippen molar-refractivity contribution in [1.29, 1.82) is 0 Å². The van der Waals surface area contributed by atoms with E-state index >= 15 is 0 Å². The summed E-state index contributed by atoms with van der Waals surface area (Å²) in [6.45, 7) is 6.55. The summed E-state index contributed by atoms with van der Waals surface area (Å²) in [6.07, 6.45) is 67.8. The van der Waals surface area contributed by atoms with Crippen LogP contribution in [0.4, 0.5) is 0 Å².